The van der Waals surface area contributed by atoms with Gasteiger partial charge in [-0.25, -0.2) is 0 Å². The molecule has 1 aliphatic carbocycles. The van der Waals surface area contributed by atoms with Gasteiger partial charge in [0, 0.05) is 25.6 Å². The lowest BCUT2D eigenvalue weighted by molar-refractivity contribution is -0.144. The van der Waals surface area contributed by atoms with E-state index in [9.17, 15) is 19.2 Å². The van der Waals surface area contributed by atoms with Crippen LogP contribution in [0.25, 0.3) is 0 Å². The molecule has 9 heteroatoms. The molecule has 1 aliphatic heterocycles. The van der Waals surface area contributed by atoms with Crippen LogP contribution in [0.3, 0.4) is 0 Å². The first-order valence-corrected chi connectivity index (χ1v) is 12.4. The fourth-order valence-electron chi connectivity index (χ4n) is 4.58. The van der Waals surface area contributed by atoms with E-state index in [2.05, 4.69) is 5.32 Å². The van der Waals surface area contributed by atoms with Crippen molar-refractivity contribution < 1.29 is 19.2 Å². The highest BCUT2D eigenvalue weighted by atomic mass is 35.5. The predicted molar refractivity (Wildman–Crippen MR) is 131 cm³/mol. The van der Waals surface area contributed by atoms with Gasteiger partial charge in [0.25, 0.3) is 0 Å². The maximum atomic E-state index is 13.4. The Balaban J connectivity index is 1.78. The third-order valence-electron chi connectivity index (χ3n) is 6.30. The Kier molecular flexibility index (Phi) is 8.77. The van der Waals surface area contributed by atoms with E-state index < -0.39 is 6.04 Å². The molecule has 1 N–H and O–H groups in total. The van der Waals surface area contributed by atoms with Gasteiger partial charge in [-0.15, -0.1) is 0 Å². The number of fused-ring (bicyclic) bond motifs is 1. The van der Waals surface area contributed by atoms with Crippen molar-refractivity contribution >= 4 is 46.8 Å². The van der Waals surface area contributed by atoms with Crippen molar-refractivity contribution in [2.45, 2.75) is 65.1 Å². The molecular formula is C25H31Cl2N3O4. The molecular weight excluding hydrogens is 477 g/mol. The molecule has 2 aliphatic rings. The Labute approximate surface area is 210 Å². The minimum Gasteiger partial charge on any atom is -0.352 e. The Morgan fingerprint density at radius 2 is 1.71 bits per heavy atom. The second kappa shape index (κ2) is 11.4. The van der Waals surface area contributed by atoms with E-state index in [4.69, 9.17) is 23.2 Å². The van der Waals surface area contributed by atoms with Crippen LogP contribution in [-0.4, -0.2) is 52.1 Å². The quantitative estimate of drug-likeness (QED) is 0.404. The minimum absolute atomic E-state index is 0.00358. The summed E-state index contributed by atoms with van der Waals surface area (Å²) >= 11 is 12.2. The normalized spacial score (nSPS) is 20.5. The molecule has 1 fully saturated rings. The molecule has 0 bridgehead atoms. The Bertz CT molecular complexity index is 968. The maximum absolute atomic E-state index is 13.4. The van der Waals surface area contributed by atoms with E-state index in [-0.39, 0.29) is 61.0 Å². The summed E-state index contributed by atoms with van der Waals surface area (Å²) in [6, 6.07) is 4.28. The molecule has 1 heterocycles. The number of hydrogen-bond donors (Lipinski definition) is 1. The molecule has 4 amide bonds. The van der Waals surface area contributed by atoms with Crippen LogP contribution in [0.4, 0.5) is 0 Å². The van der Waals surface area contributed by atoms with E-state index in [1.54, 1.807) is 18.2 Å². The number of allylic oxidation sites excluding steroid dienone is 2. The zero-order chi connectivity index (χ0) is 25.0. The van der Waals surface area contributed by atoms with Gasteiger partial charge < -0.3 is 10.2 Å². The van der Waals surface area contributed by atoms with E-state index >= 15 is 0 Å². The third-order valence-corrected chi connectivity index (χ3v) is 7.04. The van der Waals surface area contributed by atoms with Gasteiger partial charge in [-0.1, -0.05) is 48.3 Å². The van der Waals surface area contributed by atoms with Crippen LogP contribution in [-0.2, 0) is 25.7 Å². The van der Waals surface area contributed by atoms with Crippen LogP contribution in [0.1, 0.15) is 52.0 Å². The molecule has 3 atom stereocenters. The summed E-state index contributed by atoms with van der Waals surface area (Å²) in [4.78, 5) is 54.5. The first-order valence-electron chi connectivity index (χ1n) is 11.7. The monoisotopic (exact) mass is 507 g/mol. The lowest BCUT2D eigenvalue weighted by atomic mass is 9.85. The summed E-state index contributed by atoms with van der Waals surface area (Å²) in [6.07, 6.45) is 5.31. The zero-order valence-electron chi connectivity index (χ0n) is 19.7. The number of likely N-dealkylation sites (tertiary alicyclic amines) is 1. The van der Waals surface area contributed by atoms with Crippen LogP contribution in [0, 0.1) is 11.8 Å². The standard InChI is InChI=1S/C25H31Cl2N3O4/c1-4-21(23(32)28-15(2)3)30(14-16-9-10-19(26)20(27)13-16)22(31)11-12-29-24(33)17-7-5-6-8-18(17)25(29)34/h5-6,9-10,13,15,17-18,21H,4,7-8,11-12,14H2,1-3H3,(H,28,32)/t17-,18+,21-/m0/s1. The van der Waals surface area contributed by atoms with Crippen LogP contribution in [0.2, 0.25) is 10.0 Å². The summed E-state index contributed by atoms with van der Waals surface area (Å²) in [5, 5.41) is 3.63. The first-order chi connectivity index (χ1) is 16.1. The Morgan fingerprint density at radius 3 is 2.24 bits per heavy atom. The molecule has 0 spiro atoms. The first kappa shape index (κ1) is 26.2. The van der Waals surface area contributed by atoms with E-state index in [0.717, 1.165) is 5.56 Å². The van der Waals surface area contributed by atoms with Crippen molar-refractivity contribution in [3.63, 3.8) is 0 Å². The number of carbonyl (C=O) groups is 4. The SMILES string of the molecule is CC[C@@H](C(=O)NC(C)C)N(Cc1ccc(Cl)c(Cl)c1)C(=O)CCN1C(=O)[C@H]2CC=CC[C@H]2C1=O. The highest BCUT2D eigenvalue weighted by molar-refractivity contribution is 6.42. The second-order valence-corrected chi connectivity index (χ2v) is 9.91. The molecule has 0 radical (unpaired) electrons. The Morgan fingerprint density at radius 1 is 1.09 bits per heavy atom. The van der Waals surface area contributed by atoms with Gasteiger partial charge in [-0.05, 0) is 50.8 Å². The number of nitrogens with zero attached hydrogens (tertiary/aromatic N) is 2. The van der Waals surface area contributed by atoms with Crippen LogP contribution < -0.4 is 5.32 Å². The summed E-state index contributed by atoms with van der Waals surface area (Å²) in [7, 11) is 0. The topological polar surface area (TPSA) is 86.8 Å². The molecule has 0 unspecified atom stereocenters. The average Bonchev–Trinajstić information content (AvgIpc) is 3.03. The van der Waals surface area contributed by atoms with Gasteiger partial charge in [0.1, 0.15) is 6.04 Å². The van der Waals surface area contributed by atoms with Gasteiger partial charge >= 0.3 is 0 Å². The predicted octanol–water partition coefficient (Wildman–Crippen LogP) is 3.97. The van der Waals surface area contributed by atoms with E-state index in [1.807, 2.05) is 32.9 Å². The lowest BCUT2D eigenvalue weighted by Gasteiger charge is -2.31. The minimum atomic E-state index is -0.707. The van der Waals surface area contributed by atoms with Gasteiger partial charge in [0.15, 0.2) is 0 Å². The van der Waals surface area contributed by atoms with Crippen LogP contribution in [0.15, 0.2) is 30.4 Å². The number of hydrogen-bond acceptors (Lipinski definition) is 4. The van der Waals surface area contributed by atoms with Crippen molar-refractivity contribution in [1.82, 2.24) is 15.1 Å². The average molecular weight is 508 g/mol. The van der Waals surface area contributed by atoms with Crippen molar-refractivity contribution in [1.29, 1.82) is 0 Å². The highest BCUT2D eigenvalue weighted by Gasteiger charge is 2.47. The molecule has 34 heavy (non-hydrogen) atoms. The molecule has 1 saturated heterocycles. The number of nitrogens with one attached hydrogen (secondary N) is 1. The number of carbonyl (C=O) groups excluding carboxylic acids is 4. The fraction of sp³-hybridized carbons (Fsp3) is 0.520. The number of rotatable bonds is 9. The number of halogens is 2. The zero-order valence-corrected chi connectivity index (χ0v) is 21.2. The Hall–Kier alpha value is -2.38. The maximum Gasteiger partial charge on any atom is 0.243 e. The third kappa shape index (κ3) is 5.81. The van der Waals surface area contributed by atoms with E-state index in [1.165, 1.54) is 9.80 Å². The van der Waals surface area contributed by atoms with Crippen molar-refractivity contribution in [3.8, 4) is 0 Å². The van der Waals surface area contributed by atoms with Gasteiger partial charge in [-0.3, -0.25) is 24.1 Å². The lowest BCUT2D eigenvalue weighted by Crippen LogP contribution is -2.51. The molecule has 7 nitrogen and oxygen atoms in total. The summed E-state index contributed by atoms with van der Waals surface area (Å²) < 4.78 is 0. The second-order valence-electron chi connectivity index (χ2n) is 9.09. The van der Waals surface area contributed by atoms with Crippen molar-refractivity contribution in [2.75, 3.05) is 6.54 Å². The fourth-order valence-corrected chi connectivity index (χ4v) is 4.90. The van der Waals surface area contributed by atoms with Gasteiger partial charge in [0.05, 0.1) is 21.9 Å². The molecule has 0 saturated carbocycles. The summed E-state index contributed by atoms with van der Waals surface area (Å²) in [5.74, 6) is -1.66. The van der Waals surface area contributed by atoms with E-state index in [0.29, 0.717) is 29.3 Å². The molecule has 1 aromatic carbocycles. The highest BCUT2D eigenvalue weighted by Crippen LogP contribution is 2.35. The largest absolute Gasteiger partial charge is 0.352 e. The molecule has 184 valence electrons. The smallest absolute Gasteiger partial charge is 0.243 e. The number of amides is 4. The summed E-state index contributed by atoms with van der Waals surface area (Å²) in [5.41, 5.74) is 0.726. The molecule has 1 aromatic rings. The van der Waals surface area contributed by atoms with Crippen molar-refractivity contribution in [3.05, 3.63) is 46.0 Å². The molecule has 3 rings (SSSR count). The molecule has 0 aromatic heterocycles. The van der Waals surface area contributed by atoms with Crippen molar-refractivity contribution in [2.24, 2.45) is 11.8 Å². The van der Waals surface area contributed by atoms with Gasteiger partial charge in [-0.2, -0.15) is 0 Å². The van der Waals surface area contributed by atoms with Gasteiger partial charge in [0.2, 0.25) is 23.6 Å². The number of imide groups is 1. The van der Waals surface area contributed by atoms with Crippen LogP contribution >= 0.6 is 23.2 Å². The van der Waals surface area contributed by atoms with Crippen LogP contribution in [0.5, 0.6) is 0 Å². The summed E-state index contributed by atoms with van der Waals surface area (Å²) in [6.45, 7) is 5.70. The number of benzene rings is 1.